The summed E-state index contributed by atoms with van der Waals surface area (Å²) in [7, 11) is 0. The van der Waals surface area contributed by atoms with E-state index in [-0.39, 0.29) is 0 Å². The molecule has 20 heavy (non-hydrogen) atoms. The number of rotatable bonds is 4. The van der Waals surface area contributed by atoms with Gasteiger partial charge >= 0.3 is 0 Å². The van der Waals surface area contributed by atoms with E-state index in [0.29, 0.717) is 21.3 Å². The lowest BCUT2D eigenvalue weighted by Gasteiger charge is -2.19. The first kappa shape index (κ1) is 15.2. The van der Waals surface area contributed by atoms with Gasteiger partial charge < -0.3 is 11.1 Å². The van der Waals surface area contributed by atoms with Crippen LogP contribution in [0, 0.1) is 0 Å². The van der Waals surface area contributed by atoms with Gasteiger partial charge in [-0.15, -0.1) is 0 Å². The molecule has 0 fully saturated rings. The van der Waals surface area contributed by atoms with Gasteiger partial charge in [-0.3, -0.25) is 4.79 Å². The molecule has 0 saturated heterocycles. The van der Waals surface area contributed by atoms with Crippen molar-refractivity contribution in [2.24, 2.45) is 5.73 Å². The summed E-state index contributed by atoms with van der Waals surface area (Å²) in [5, 5.41) is 3.98. The van der Waals surface area contributed by atoms with Crippen LogP contribution in [0.25, 0.3) is 0 Å². The molecule has 1 atom stereocenters. The van der Waals surface area contributed by atoms with E-state index < -0.39 is 11.9 Å². The molecule has 1 unspecified atom stereocenters. The van der Waals surface area contributed by atoms with Gasteiger partial charge in [-0.05, 0) is 30.3 Å². The number of hydrogen-bond donors (Lipinski definition) is 2. The van der Waals surface area contributed by atoms with E-state index in [1.807, 2.05) is 6.07 Å². The Hall–Kier alpha value is -1.23. The molecule has 1 amide bonds. The van der Waals surface area contributed by atoms with Crippen molar-refractivity contribution >= 4 is 50.7 Å². The molecule has 0 aromatic heterocycles. The highest BCUT2D eigenvalue weighted by Crippen LogP contribution is 2.31. The second kappa shape index (κ2) is 6.48. The second-order valence-electron chi connectivity index (χ2n) is 4.13. The van der Waals surface area contributed by atoms with Crippen molar-refractivity contribution in [2.75, 3.05) is 5.32 Å². The molecule has 104 valence electrons. The van der Waals surface area contributed by atoms with Crippen LogP contribution < -0.4 is 11.1 Å². The Labute approximate surface area is 135 Å². The van der Waals surface area contributed by atoms with Gasteiger partial charge in [-0.1, -0.05) is 51.3 Å². The van der Waals surface area contributed by atoms with Crippen molar-refractivity contribution in [3.05, 3.63) is 62.5 Å². The predicted octanol–water partition coefficient (Wildman–Crippen LogP) is 4.39. The standard InChI is InChI=1S/C14H11BrCl2N2O/c15-8-5-6-10(16)9(7-8)13(14(18)20)19-12-4-2-1-3-11(12)17/h1-7,13,19H,(H2,18,20). The quantitative estimate of drug-likeness (QED) is 0.834. The van der Waals surface area contributed by atoms with Gasteiger partial charge in [0.15, 0.2) is 0 Å². The normalized spacial score (nSPS) is 11.9. The van der Waals surface area contributed by atoms with Gasteiger partial charge in [0.2, 0.25) is 5.91 Å². The van der Waals surface area contributed by atoms with Crippen LogP contribution in [0.5, 0.6) is 0 Å². The maximum absolute atomic E-state index is 11.7. The fraction of sp³-hybridized carbons (Fsp3) is 0.0714. The fourth-order valence-electron chi connectivity index (χ4n) is 1.77. The third kappa shape index (κ3) is 3.45. The van der Waals surface area contributed by atoms with Crippen molar-refractivity contribution in [3.63, 3.8) is 0 Å². The first-order valence-corrected chi connectivity index (χ1v) is 7.29. The molecule has 2 rings (SSSR count). The summed E-state index contributed by atoms with van der Waals surface area (Å²) in [5.74, 6) is -0.537. The Balaban J connectivity index is 2.40. The first-order chi connectivity index (χ1) is 9.49. The Morgan fingerprint density at radius 2 is 1.85 bits per heavy atom. The van der Waals surface area contributed by atoms with E-state index in [2.05, 4.69) is 21.2 Å². The molecule has 0 aliphatic heterocycles. The highest BCUT2D eigenvalue weighted by atomic mass is 79.9. The van der Waals surface area contributed by atoms with E-state index in [0.717, 1.165) is 4.47 Å². The highest BCUT2D eigenvalue weighted by molar-refractivity contribution is 9.10. The molecule has 0 bridgehead atoms. The molecule has 2 aromatic carbocycles. The van der Waals surface area contributed by atoms with Crippen LogP contribution in [-0.2, 0) is 4.79 Å². The summed E-state index contributed by atoms with van der Waals surface area (Å²) < 4.78 is 0.809. The average Bonchev–Trinajstić information content (AvgIpc) is 2.40. The number of benzene rings is 2. The number of halogens is 3. The number of nitrogens with two attached hydrogens (primary N) is 1. The van der Waals surface area contributed by atoms with Crippen molar-refractivity contribution in [1.82, 2.24) is 0 Å². The van der Waals surface area contributed by atoms with Crippen LogP contribution >= 0.6 is 39.1 Å². The third-order valence-corrected chi connectivity index (χ3v) is 3.89. The highest BCUT2D eigenvalue weighted by Gasteiger charge is 2.21. The number of carbonyl (C=O) groups excluding carboxylic acids is 1. The van der Waals surface area contributed by atoms with E-state index in [1.165, 1.54) is 0 Å². The zero-order chi connectivity index (χ0) is 14.7. The number of primary amides is 1. The number of para-hydroxylation sites is 1. The molecular weight excluding hydrogens is 363 g/mol. The number of anilines is 1. The molecule has 6 heteroatoms. The zero-order valence-corrected chi connectivity index (χ0v) is 13.3. The van der Waals surface area contributed by atoms with E-state index >= 15 is 0 Å². The topological polar surface area (TPSA) is 55.1 Å². The predicted molar refractivity (Wildman–Crippen MR) is 86.2 cm³/mol. The lowest BCUT2D eigenvalue weighted by molar-refractivity contribution is -0.118. The molecule has 0 aliphatic rings. The third-order valence-electron chi connectivity index (χ3n) is 2.73. The van der Waals surface area contributed by atoms with Crippen LogP contribution in [0.4, 0.5) is 5.69 Å². The minimum absolute atomic E-state index is 0.455. The summed E-state index contributed by atoms with van der Waals surface area (Å²) in [4.78, 5) is 11.7. The van der Waals surface area contributed by atoms with Crippen LogP contribution in [-0.4, -0.2) is 5.91 Å². The van der Waals surface area contributed by atoms with E-state index in [9.17, 15) is 4.79 Å². The maximum atomic E-state index is 11.7. The van der Waals surface area contributed by atoms with Crippen LogP contribution in [0.15, 0.2) is 46.9 Å². The van der Waals surface area contributed by atoms with Gasteiger partial charge in [-0.2, -0.15) is 0 Å². The SMILES string of the molecule is NC(=O)C(Nc1ccccc1Cl)c1cc(Br)ccc1Cl. The molecule has 0 saturated carbocycles. The minimum atomic E-state index is -0.764. The van der Waals surface area contributed by atoms with Gasteiger partial charge in [0.25, 0.3) is 0 Å². The molecule has 0 aliphatic carbocycles. The Morgan fingerprint density at radius 3 is 2.50 bits per heavy atom. The van der Waals surface area contributed by atoms with Crippen LogP contribution in [0.2, 0.25) is 10.0 Å². The Kier molecular flexibility index (Phi) is 4.91. The summed E-state index contributed by atoms with van der Waals surface area (Å²) >= 11 is 15.6. The van der Waals surface area contributed by atoms with Gasteiger partial charge in [-0.25, -0.2) is 0 Å². The van der Waals surface area contributed by atoms with Crippen molar-refractivity contribution in [3.8, 4) is 0 Å². The van der Waals surface area contributed by atoms with Crippen molar-refractivity contribution in [2.45, 2.75) is 6.04 Å². The molecule has 2 aromatic rings. The van der Waals surface area contributed by atoms with E-state index in [1.54, 1.807) is 36.4 Å². The number of carbonyl (C=O) groups is 1. The van der Waals surface area contributed by atoms with Crippen LogP contribution in [0.1, 0.15) is 11.6 Å². The Bertz CT molecular complexity index is 649. The van der Waals surface area contributed by atoms with Crippen LogP contribution in [0.3, 0.4) is 0 Å². The van der Waals surface area contributed by atoms with Gasteiger partial charge in [0, 0.05) is 15.1 Å². The smallest absolute Gasteiger partial charge is 0.244 e. The molecule has 3 nitrogen and oxygen atoms in total. The summed E-state index contributed by atoms with van der Waals surface area (Å²) in [6.45, 7) is 0. The Morgan fingerprint density at radius 1 is 1.15 bits per heavy atom. The second-order valence-corrected chi connectivity index (χ2v) is 5.86. The van der Waals surface area contributed by atoms with E-state index in [4.69, 9.17) is 28.9 Å². The van der Waals surface area contributed by atoms with Gasteiger partial charge in [0.1, 0.15) is 6.04 Å². The lowest BCUT2D eigenvalue weighted by Crippen LogP contribution is -2.28. The summed E-state index contributed by atoms with van der Waals surface area (Å²) in [6, 6.07) is 11.6. The fourth-order valence-corrected chi connectivity index (χ4v) is 2.57. The minimum Gasteiger partial charge on any atom is -0.369 e. The number of amides is 1. The van der Waals surface area contributed by atoms with Crippen molar-refractivity contribution in [1.29, 1.82) is 0 Å². The average molecular weight is 374 g/mol. The zero-order valence-electron chi connectivity index (χ0n) is 10.2. The van der Waals surface area contributed by atoms with Crippen molar-refractivity contribution < 1.29 is 4.79 Å². The molecule has 0 spiro atoms. The largest absolute Gasteiger partial charge is 0.369 e. The molecule has 0 heterocycles. The van der Waals surface area contributed by atoms with Gasteiger partial charge in [0.05, 0.1) is 10.7 Å². The lowest BCUT2D eigenvalue weighted by atomic mass is 10.1. The summed E-state index contributed by atoms with van der Waals surface area (Å²) in [5.41, 5.74) is 6.68. The number of hydrogen-bond acceptors (Lipinski definition) is 2. The molecular formula is C14H11BrCl2N2O. The maximum Gasteiger partial charge on any atom is 0.244 e. The summed E-state index contributed by atoms with van der Waals surface area (Å²) in [6.07, 6.45) is 0. The molecule has 3 N–H and O–H groups in total. The monoisotopic (exact) mass is 372 g/mol. The number of nitrogens with one attached hydrogen (secondary N) is 1. The molecule has 0 radical (unpaired) electrons. The first-order valence-electron chi connectivity index (χ1n) is 5.74.